The lowest BCUT2D eigenvalue weighted by Crippen LogP contribution is -2.51. The second-order valence-corrected chi connectivity index (χ2v) is 31.8. The third-order valence-corrected chi connectivity index (χ3v) is 23.9. The number of likely N-dealkylation sites (N-methyl/N-ethyl adjacent to an activating group) is 1. The molecule has 1 aromatic heterocycles. The van der Waals surface area contributed by atoms with Gasteiger partial charge in [-0.05, 0) is 151 Å². The zero-order valence-corrected chi connectivity index (χ0v) is 69.2. The number of aryl methyl sites for hydroxylation is 1. The van der Waals surface area contributed by atoms with Crippen LogP contribution >= 0.6 is 17.1 Å². The van der Waals surface area contributed by atoms with Gasteiger partial charge in [-0.3, -0.25) is 19.1 Å². The lowest BCUT2D eigenvalue weighted by atomic mass is 9.80. The topological polar surface area (TPSA) is 342 Å². The van der Waals surface area contributed by atoms with Gasteiger partial charge in [0.05, 0.1) is 84.4 Å². The molecule has 3 aliphatic heterocycles. The Morgan fingerprint density at radius 2 is 1.24 bits per heavy atom. The second-order valence-electron chi connectivity index (χ2n) is 29.2. The monoisotopic (exact) mass is 1660 g/mol. The number of ether oxygens (including phenoxy) is 8. The van der Waals surface area contributed by atoms with Gasteiger partial charge in [-0.15, -0.1) is 0 Å². The van der Waals surface area contributed by atoms with Crippen LogP contribution in [-0.2, 0) is 69.5 Å². The average molecular weight is 1660 g/mol. The van der Waals surface area contributed by atoms with Gasteiger partial charge in [0.2, 0.25) is 0 Å². The molecule has 119 heavy (non-hydrogen) atoms. The first-order chi connectivity index (χ1) is 57.6. The number of benzene rings is 7. The van der Waals surface area contributed by atoms with Gasteiger partial charge in [0, 0.05) is 68.7 Å². The van der Waals surface area contributed by atoms with E-state index in [0.717, 1.165) is 44.5 Å². The molecule has 9 atom stereocenters. The van der Waals surface area contributed by atoms with Gasteiger partial charge < -0.3 is 81.2 Å². The minimum Gasteiger partial charge on any atom is -0.497 e. The molecule has 0 bridgehead atoms. The highest BCUT2D eigenvalue weighted by atomic mass is 31.2. The van der Waals surface area contributed by atoms with Crippen molar-refractivity contribution in [2.75, 3.05) is 72.8 Å². The summed E-state index contributed by atoms with van der Waals surface area (Å²) < 4.78 is 85.0. The van der Waals surface area contributed by atoms with E-state index in [0.29, 0.717) is 29.1 Å². The maximum atomic E-state index is 14.3. The van der Waals surface area contributed by atoms with E-state index in [1.807, 2.05) is 143 Å². The Morgan fingerprint density at radius 3 is 1.86 bits per heavy atom. The van der Waals surface area contributed by atoms with Gasteiger partial charge in [0.15, 0.2) is 6.23 Å². The van der Waals surface area contributed by atoms with Crippen LogP contribution in [0.5, 0.6) is 17.2 Å². The molecule has 29 nitrogen and oxygen atoms in total. The second kappa shape index (κ2) is 41.7. The number of ketones is 1. The molecule has 3 N–H and O–H groups in total. The molecule has 4 aliphatic rings. The Bertz CT molecular complexity index is 4860. The van der Waals surface area contributed by atoms with Gasteiger partial charge in [-0.1, -0.05) is 127 Å². The molecule has 4 heterocycles. The summed E-state index contributed by atoms with van der Waals surface area (Å²) in [5.74, 6) is 0.709. The minimum absolute atomic E-state index is 0.0395. The largest absolute Gasteiger partial charge is 0.513 e. The van der Waals surface area contributed by atoms with E-state index < -0.39 is 95.7 Å². The first-order valence-electron chi connectivity index (χ1n) is 39.2. The summed E-state index contributed by atoms with van der Waals surface area (Å²) in [6.45, 7) is 9.25. The molecular weight excluding hydrogens is 1560 g/mol. The minimum atomic E-state index is -2.44. The van der Waals surface area contributed by atoms with Gasteiger partial charge in [0.25, 0.3) is 14.4 Å². The molecule has 0 saturated carbocycles. The maximum absolute atomic E-state index is 14.3. The number of urea groups is 1. The number of fused-ring (bicyclic) bond motifs is 3. The summed E-state index contributed by atoms with van der Waals surface area (Å²) in [7, 11) is 0.386. The number of Topliss-reactive ketones (excluding diaryl/α,β-unsaturated/α-hetero) is 1. The molecule has 624 valence electrons. The van der Waals surface area contributed by atoms with Gasteiger partial charge >= 0.3 is 32.6 Å². The zero-order valence-electron chi connectivity index (χ0n) is 67.4. The number of nitrogens with zero attached hydrogens (tertiary/aromatic N) is 7. The number of nitriles is 2. The number of anilines is 1. The fraction of sp³-hybridized carbons (Fsp3) is 0.375. The van der Waals surface area contributed by atoms with E-state index in [4.69, 9.17) is 60.5 Å². The summed E-state index contributed by atoms with van der Waals surface area (Å²) >= 11 is 0. The number of amides is 4. The summed E-state index contributed by atoms with van der Waals surface area (Å²) in [5, 5.41) is 35.4. The van der Waals surface area contributed by atoms with Crippen LogP contribution in [0.4, 0.5) is 20.2 Å². The number of carbonyl (C=O) groups is 5. The predicted molar refractivity (Wildman–Crippen MR) is 440 cm³/mol. The Hall–Kier alpha value is -10.9. The number of hydrogen-bond acceptors (Lipinski definition) is 24. The molecule has 1 aliphatic carbocycles. The van der Waals surface area contributed by atoms with Crippen molar-refractivity contribution in [1.82, 2.24) is 29.3 Å². The number of aliphatic hydroxyl groups is 1. The number of aliphatic hydroxyl groups excluding tert-OH is 1. The van der Waals surface area contributed by atoms with E-state index in [2.05, 4.69) is 44.6 Å². The van der Waals surface area contributed by atoms with E-state index >= 15 is 0 Å². The van der Waals surface area contributed by atoms with Crippen LogP contribution in [-0.4, -0.2) is 176 Å². The third-order valence-electron chi connectivity index (χ3n) is 20.6. The number of rotatable bonds is 39. The fourth-order valence-electron chi connectivity index (χ4n) is 14.5. The van der Waals surface area contributed by atoms with E-state index in [1.165, 1.54) is 32.8 Å². The van der Waals surface area contributed by atoms with Crippen molar-refractivity contribution in [2.45, 2.75) is 146 Å². The molecule has 2 fully saturated rings. The summed E-state index contributed by atoms with van der Waals surface area (Å²) in [5.41, 5.74) is 6.80. The Balaban J connectivity index is 0.679. The van der Waals surface area contributed by atoms with Crippen molar-refractivity contribution in [3.63, 3.8) is 0 Å². The van der Waals surface area contributed by atoms with Crippen molar-refractivity contribution >= 4 is 52.9 Å². The lowest BCUT2D eigenvalue weighted by molar-refractivity contribution is -0.118. The normalized spacial score (nSPS) is 18.7. The molecular formula is C88H97N9O20P2. The molecule has 12 rings (SSSR count). The summed E-state index contributed by atoms with van der Waals surface area (Å²) in [4.78, 5) is 87.5. The van der Waals surface area contributed by atoms with Crippen molar-refractivity contribution in [1.29, 1.82) is 10.5 Å². The molecule has 8 aromatic rings. The smallest absolute Gasteiger partial charge is 0.497 e. The first-order valence-corrected chi connectivity index (χ1v) is 41.5. The highest BCUT2D eigenvalue weighted by Crippen LogP contribution is 2.53. The summed E-state index contributed by atoms with van der Waals surface area (Å²) in [6.07, 6.45) is -4.69. The summed E-state index contributed by atoms with van der Waals surface area (Å²) in [6, 6.07) is 59.0. The molecule has 0 spiro atoms. The van der Waals surface area contributed by atoms with Crippen LogP contribution in [0.3, 0.4) is 0 Å². The van der Waals surface area contributed by atoms with Crippen LogP contribution in [0.15, 0.2) is 205 Å². The van der Waals surface area contributed by atoms with Crippen molar-refractivity contribution in [3.8, 4) is 40.5 Å². The van der Waals surface area contributed by atoms with Crippen LogP contribution in [0.1, 0.15) is 128 Å². The number of carbonyl (C=O) groups excluding carboxylic acids is 5. The number of methoxy groups -OCH3 is 2. The lowest BCUT2D eigenvalue weighted by Gasteiger charge is -2.37. The Labute approximate surface area is 693 Å². The highest BCUT2D eigenvalue weighted by molar-refractivity contribution is 7.44. The number of hydrogen-bond donors (Lipinski definition) is 3. The molecule has 2 saturated heterocycles. The zero-order chi connectivity index (χ0) is 84.1. The molecule has 0 radical (unpaired) electrons. The molecule has 7 aromatic carbocycles. The van der Waals surface area contributed by atoms with Crippen molar-refractivity contribution in [2.24, 2.45) is 0 Å². The number of aromatic nitrogens is 2. The van der Waals surface area contributed by atoms with Gasteiger partial charge in [-0.2, -0.15) is 15.5 Å². The Kier molecular flexibility index (Phi) is 30.7. The predicted octanol–water partition coefficient (Wildman–Crippen LogP) is 14.5. The quantitative estimate of drug-likeness (QED) is 0.0106. The van der Waals surface area contributed by atoms with Crippen LogP contribution in [0.25, 0.3) is 11.1 Å². The van der Waals surface area contributed by atoms with Crippen LogP contribution in [0.2, 0.25) is 0 Å². The number of nitrogens with one attached hydrogen (secondary N) is 2. The Morgan fingerprint density at radius 1 is 0.664 bits per heavy atom. The molecule has 4 amide bonds. The molecule has 31 heteroatoms. The van der Waals surface area contributed by atoms with Crippen LogP contribution in [0, 0.1) is 22.7 Å². The van der Waals surface area contributed by atoms with E-state index in [9.17, 15) is 44.4 Å². The molecule has 4 unspecified atom stereocenters. The average Bonchev–Trinajstić information content (AvgIpc) is 1.51. The fourth-order valence-corrected chi connectivity index (χ4v) is 17.4. The van der Waals surface area contributed by atoms with Crippen molar-refractivity contribution in [3.05, 3.63) is 255 Å². The third kappa shape index (κ3) is 22.2. The van der Waals surface area contributed by atoms with Crippen LogP contribution < -0.4 is 30.5 Å². The van der Waals surface area contributed by atoms with Gasteiger partial charge in [0.1, 0.15) is 72.3 Å². The standard InChI is InChI=1S/C88H97N9O20P2/c1-57(2)97(58(3)4)118(110-47-16-43-89)116-75-51-80(115-78(75)56-112-119(111-48-17-44-90)117-76-52-81(96-53-59(5)82(99)93-85(96)102)114-77(76)55-109-88(63-18-10-9-11-19-63,64-31-38-67(105-7)39-32-64)65-33-40-68(106-8)41-34-65)95-45-42-79(92-84(95)101)91-83(100)62-29-24-60(25-30-62)26-35-66(98)50-61-27-36-69(37-28-61)113-87(104)107-49-46-94(6)86(103)108-54-74-72-22-14-12-20-70(72)71-21-13-15-23-73(71)74/h9-15,18-25,27-34,36-42,45,53,57-58,74-78,80-82,99H,16-17,26,35,46-52,54-56H2,1-8H3,(H,93,102)(H,91,92,100,101)/t75?,76?,77-,78-,80-,81-,82-,118?,119?/m1/s1. The van der Waals surface area contributed by atoms with Crippen molar-refractivity contribution < 1.29 is 89.6 Å². The first kappa shape index (κ1) is 87.5. The van der Waals surface area contributed by atoms with E-state index in [1.54, 1.807) is 76.7 Å². The maximum Gasteiger partial charge on any atom is 0.513 e. The highest BCUT2D eigenvalue weighted by Gasteiger charge is 2.48. The van der Waals surface area contributed by atoms with Gasteiger partial charge in [-0.25, -0.2) is 23.8 Å². The van der Waals surface area contributed by atoms with E-state index in [-0.39, 0.29) is 126 Å². The SMILES string of the molecule is COc1ccc(C(OC[C@H]2O[C@@H](N3C=C(C)[C@@H](O)NC3=O)CC2OP(OCCC#N)OC[C@H]2O[C@@H](n3ccc(NC(=O)c4ccc(CCC(=O)Cc5ccc(OC(=O)OCCN(C)C(=O)OCC6c7ccccc7-c7ccccc76)cc5)cc4)nc3=O)CC2OP(OCCC#N)N(C(C)C)C(C)C)(c2ccccc2)c2ccc(OC)cc2)cc1.